The number of nitrogens with zero attached hydrogens (tertiary/aromatic N) is 1. The van der Waals surface area contributed by atoms with E-state index in [0.717, 1.165) is 28.5 Å². The third-order valence-corrected chi connectivity index (χ3v) is 4.63. The number of carbonyl (C=O) groups excluding carboxylic acids is 1. The summed E-state index contributed by atoms with van der Waals surface area (Å²) in [7, 11) is 1.78. The lowest BCUT2D eigenvalue weighted by molar-refractivity contribution is -0.117. The maximum absolute atomic E-state index is 11.9. The van der Waals surface area contributed by atoms with Gasteiger partial charge in [0.2, 0.25) is 5.91 Å². The van der Waals surface area contributed by atoms with Crippen molar-refractivity contribution >= 4 is 28.9 Å². The van der Waals surface area contributed by atoms with Crippen LogP contribution in [0.15, 0.2) is 12.1 Å². The molecular weight excluding hydrogens is 274 g/mol. The zero-order valence-corrected chi connectivity index (χ0v) is 12.8. The molecule has 5 heteroatoms. The van der Waals surface area contributed by atoms with Crippen LogP contribution in [0.25, 0.3) is 0 Å². The maximum atomic E-state index is 11.9. The van der Waals surface area contributed by atoms with Crippen molar-refractivity contribution in [1.29, 1.82) is 0 Å². The molecule has 2 aliphatic rings. The molecule has 3 unspecified atom stereocenters. The van der Waals surface area contributed by atoms with Gasteiger partial charge in [-0.15, -0.1) is 0 Å². The normalized spacial score (nSPS) is 28.7. The first kappa shape index (κ1) is 13.7. The van der Waals surface area contributed by atoms with Crippen molar-refractivity contribution in [1.82, 2.24) is 5.32 Å². The molecule has 1 aromatic carbocycles. The van der Waals surface area contributed by atoms with E-state index in [1.807, 2.05) is 12.1 Å². The van der Waals surface area contributed by atoms with Gasteiger partial charge in [-0.3, -0.25) is 4.79 Å². The zero-order chi connectivity index (χ0) is 14.4. The van der Waals surface area contributed by atoms with Gasteiger partial charge < -0.3 is 15.5 Å². The lowest BCUT2D eigenvalue weighted by Crippen LogP contribution is -2.27. The first-order valence-corrected chi connectivity index (χ1v) is 7.47. The standard InChI is InChI=1S/C15H20ClN3O/c1-8-4-9(2)19(7-8)13-6-12-10(5-11(13)16)14(17-3)15(20)18-12/h5-6,8-9,14,17H,4,7H2,1-3H3,(H,18,20). The fourth-order valence-electron chi connectivity index (χ4n) is 3.41. The molecule has 2 N–H and O–H groups in total. The second-order valence-corrected chi connectivity index (χ2v) is 6.35. The average molecular weight is 294 g/mol. The number of anilines is 2. The van der Waals surface area contributed by atoms with Gasteiger partial charge in [0.15, 0.2) is 0 Å². The Bertz CT molecular complexity index is 560. The Morgan fingerprint density at radius 1 is 1.40 bits per heavy atom. The predicted octanol–water partition coefficient (Wildman–Crippen LogP) is 2.79. The minimum absolute atomic E-state index is 0.0152. The van der Waals surface area contributed by atoms with E-state index in [1.165, 1.54) is 6.42 Å². The molecule has 3 atom stereocenters. The SMILES string of the molecule is CNC1C(=O)Nc2cc(N3CC(C)CC3C)c(Cl)cc21. The Morgan fingerprint density at radius 3 is 2.75 bits per heavy atom. The van der Waals surface area contributed by atoms with Crippen LogP contribution in [0, 0.1) is 5.92 Å². The predicted molar refractivity (Wildman–Crippen MR) is 82.5 cm³/mol. The number of nitrogens with one attached hydrogen (secondary N) is 2. The fourth-order valence-corrected chi connectivity index (χ4v) is 3.69. The van der Waals surface area contributed by atoms with Crippen LogP contribution in [0.5, 0.6) is 0 Å². The van der Waals surface area contributed by atoms with Crippen LogP contribution in [0.3, 0.4) is 0 Å². The average Bonchev–Trinajstić information content (AvgIpc) is 2.87. The molecule has 1 saturated heterocycles. The van der Waals surface area contributed by atoms with E-state index in [0.29, 0.717) is 12.0 Å². The topological polar surface area (TPSA) is 44.4 Å². The van der Waals surface area contributed by atoms with Gasteiger partial charge in [0, 0.05) is 23.8 Å². The second kappa shape index (κ2) is 4.93. The third kappa shape index (κ3) is 2.07. The van der Waals surface area contributed by atoms with Gasteiger partial charge >= 0.3 is 0 Å². The summed E-state index contributed by atoms with van der Waals surface area (Å²) in [4.78, 5) is 14.2. The second-order valence-electron chi connectivity index (χ2n) is 5.94. The Kier molecular flexibility index (Phi) is 3.38. The highest BCUT2D eigenvalue weighted by atomic mass is 35.5. The summed E-state index contributed by atoms with van der Waals surface area (Å²) in [6.45, 7) is 5.50. The summed E-state index contributed by atoms with van der Waals surface area (Å²) in [5.74, 6) is 0.660. The number of fused-ring (bicyclic) bond motifs is 1. The number of likely N-dealkylation sites (N-methyl/N-ethyl adjacent to an activating group) is 1. The van der Waals surface area contributed by atoms with Crippen molar-refractivity contribution in [2.75, 3.05) is 23.8 Å². The highest BCUT2D eigenvalue weighted by molar-refractivity contribution is 6.33. The molecule has 4 nitrogen and oxygen atoms in total. The van der Waals surface area contributed by atoms with E-state index in [1.54, 1.807) is 7.05 Å². The Morgan fingerprint density at radius 2 is 2.15 bits per heavy atom. The lowest BCUT2D eigenvalue weighted by atomic mass is 10.1. The maximum Gasteiger partial charge on any atom is 0.246 e. The van der Waals surface area contributed by atoms with Crippen LogP contribution in [0.1, 0.15) is 31.9 Å². The van der Waals surface area contributed by atoms with Crippen LogP contribution >= 0.6 is 11.6 Å². The minimum atomic E-state index is -0.300. The van der Waals surface area contributed by atoms with Crippen molar-refractivity contribution in [2.45, 2.75) is 32.4 Å². The van der Waals surface area contributed by atoms with Crippen LogP contribution in [0.4, 0.5) is 11.4 Å². The van der Waals surface area contributed by atoms with Crippen LogP contribution in [0.2, 0.25) is 5.02 Å². The van der Waals surface area contributed by atoms with Gasteiger partial charge in [-0.2, -0.15) is 0 Å². The number of carbonyl (C=O) groups is 1. The first-order valence-electron chi connectivity index (χ1n) is 7.09. The van der Waals surface area contributed by atoms with Gasteiger partial charge in [0.1, 0.15) is 6.04 Å². The highest BCUT2D eigenvalue weighted by Crippen LogP contribution is 2.41. The molecule has 0 aromatic heterocycles. The summed E-state index contributed by atoms with van der Waals surface area (Å²) >= 11 is 6.46. The largest absolute Gasteiger partial charge is 0.367 e. The molecule has 2 aliphatic heterocycles. The molecule has 0 spiro atoms. The summed E-state index contributed by atoms with van der Waals surface area (Å²) < 4.78 is 0. The highest BCUT2D eigenvalue weighted by Gasteiger charge is 2.33. The molecule has 1 fully saturated rings. The Balaban J connectivity index is 2.00. The smallest absolute Gasteiger partial charge is 0.246 e. The Labute approximate surface area is 124 Å². The lowest BCUT2D eigenvalue weighted by Gasteiger charge is -2.25. The van der Waals surface area contributed by atoms with E-state index in [2.05, 4.69) is 29.4 Å². The van der Waals surface area contributed by atoms with Crippen LogP contribution in [-0.4, -0.2) is 25.5 Å². The number of amides is 1. The van der Waals surface area contributed by atoms with Crippen molar-refractivity contribution in [3.63, 3.8) is 0 Å². The first-order chi connectivity index (χ1) is 9.51. The molecule has 0 bridgehead atoms. The van der Waals surface area contributed by atoms with E-state index in [-0.39, 0.29) is 11.9 Å². The molecule has 3 rings (SSSR count). The van der Waals surface area contributed by atoms with E-state index < -0.39 is 0 Å². The number of halogens is 1. The molecule has 0 aliphatic carbocycles. The molecular formula is C15H20ClN3O. The molecule has 1 aromatic rings. The molecule has 108 valence electrons. The molecule has 2 heterocycles. The van der Waals surface area contributed by atoms with Crippen molar-refractivity contribution < 1.29 is 4.79 Å². The summed E-state index contributed by atoms with van der Waals surface area (Å²) in [5.41, 5.74) is 2.84. The van der Waals surface area contributed by atoms with E-state index in [4.69, 9.17) is 11.6 Å². The number of hydrogen-bond acceptors (Lipinski definition) is 3. The van der Waals surface area contributed by atoms with Crippen LogP contribution < -0.4 is 15.5 Å². The van der Waals surface area contributed by atoms with Crippen LogP contribution in [-0.2, 0) is 4.79 Å². The van der Waals surface area contributed by atoms with Crippen molar-refractivity contribution in [2.24, 2.45) is 5.92 Å². The zero-order valence-electron chi connectivity index (χ0n) is 12.0. The fraction of sp³-hybridized carbons (Fsp3) is 0.533. The molecule has 1 amide bonds. The van der Waals surface area contributed by atoms with Gasteiger partial charge in [-0.1, -0.05) is 18.5 Å². The quantitative estimate of drug-likeness (QED) is 0.881. The number of rotatable bonds is 2. The third-order valence-electron chi connectivity index (χ3n) is 4.33. The molecule has 0 saturated carbocycles. The van der Waals surface area contributed by atoms with Gasteiger partial charge in [-0.25, -0.2) is 0 Å². The van der Waals surface area contributed by atoms with Gasteiger partial charge in [0.25, 0.3) is 0 Å². The summed E-state index contributed by atoms with van der Waals surface area (Å²) in [6.07, 6.45) is 1.18. The van der Waals surface area contributed by atoms with Crippen molar-refractivity contribution in [3.8, 4) is 0 Å². The minimum Gasteiger partial charge on any atom is -0.367 e. The number of benzene rings is 1. The van der Waals surface area contributed by atoms with Crippen molar-refractivity contribution in [3.05, 3.63) is 22.7 Å². The van der Waals surface area contributed by atoms with E-state index in [9.17, 15) is 4.79 Å². The monoisotopic (exact) mass is 293 g/mol. The van der Waals surface area contributed by atoms with Gasteiger partial charge in [-0.05, 0) is 38.4 Å². The van der Waals surface area contributed by atoms with E-state index >= 15 is 0 Å². The molecule has 0 radical (unpaired) electrons. The number of hydrogen-bond donors (Lipinski definition) is 2. The van der Waals surface area contributed by atoms with Gasteiger partial charge in [0.05, 0.1) is 10.7 Å². The molecule has 20 heavy (non-hydrogen) atoms. The Hall–Kier alpha value is -1.26. The summed E-state index contributed by atoms with van der Waals surface area (Å²) in [5, 5.41) is 6.67. The summed E-state index contributed by atoms with van der Waals surface area (Å²) in [6, 6.07) is 4.12.